The van der Waals surface area contributed by atoms with Crippen molar-refractivity contribution in [2.75, 3.05) is 32.7 Å². The summed E-state index contributed by atoms with van der Waals surface area (Å²) < 4.78 is 5.38. The smallest absolute Gasteiger partial charge is 0.410 e. The zero-order valence-electron chi connectivity index (χ0n) is 26.0. The standard InChI is InChI=1S/C37H40N4O4S/c1-28-24-39(22-21-38-28)25-34-23-35(26-40(34)36(42)45-27-29-17-19-33(20-18-29)41(43)44)46-37(30-11-5-2-6-12-30,31-13-7-3-8-14-31)32-15-9-4-10-16-32/h2-20,28,34-35,38H,21-27H2,1H3/t28?,34-,35-/m0/s1. The van der Waals surface area contributed by atoms with Gasteiger partial charge < -0.3 is 15.0 Å². The first kappa shape index (κ1) is 31.8. The highest BCUT2D eigenvalue weighted by Gasteiger charge is 2.45. The molecule has 0 radical (unpaired) electrons. The third-order valence-electron chi connectivity index (χ3n) is 8.93. The van der Waals surface area contributed by atoms with Crippen molar-refractivity contribution in [3.8, 4) is 0 Å². The Balaban J connectivity index is 1.30. The lowest BCUT2D eigenvalue weighted by atomic mass is 9.84. The minimum atomic E-state index is -0.485. The van der Waals surface area contributed by atoms with E-state index in [-0.39, 0.29) is 29.7 Å². The lowest BCUT2D eigenvalue weighted by Gasteiger charge is -2.37. The summed E-state index contributed by atoms with van der Waals surface area (Å²) >= 11 is 1.92. The van der Waals surface area contributed by atoms with Gasteiger partial charge in [-0.15, -0.1) is 11.8 Å². The number of ether oxygens (including phenoxy) is 1. The fourth-order valence-corrected chi connectivity index (χ4v) is 8.62. The molecule has 0 aromatic heterocycles. The molecule has 4 aromatic carbocycles. The normalized spacial score (nSPS) is 20.4. The molecule has 2 aliphatic heterocycles. The number of likely N-dealkylation sites (tertiary alicyclic amines) is 1. The fourth-order valence-electron chi connectivity index (χ4n) is 6.75. The number of nitro groups is 1. The van der Waals surface area contributed by atoms with Crippen LogP contribution in [-0.4, -0.2) is 70.9 Å². The Morgan fingerprint density at radius 2 is 1.46 bits per heavy atom. The van der Waals surface area contributed by atoms with Gasteiger partial charge in [-0.1, -0.05) is 91.0 Å². The first-order valence-electron chi connectivity index (χ1n) is 15.9. The molecule has 2 aliphatic rings. The maximum Gasteiger partial charge on any atom is 0.410 e. The second kappa shape index (κ2) is 14.5. The van der Waals surface area contributed by atoms with Crippen molar-refractivity contribution in [3.05, 3.63) is 148 Å². The van der Waals surface area contributed by atoms with Crippen LogP contribution in [0.4, 0.5) is 10.5 Å². The minimum absolute atomic E-state index is 0.00724. The fraction of sp³-hybridized carbons (Fsp3) is 0.324. The largest absolute Gasteiger partial charge is 0.445 e. The van der Waals surface area contributed by atoms with Crippen molar-refractivity contribution in [1.82, 2.24) is 15.1 Å². The van der Waals surface area contributed by atoms with Crippen LogP contribution in [0.5, 0.6) is 0 Å². The Bertz CT molecular complexity index is 1490. The number of nitrogens with one attached hydrogen (secondary N) is 1. The number of rotatable bonds is 10. The van der Waals surface area contributed by atoms with Gasteiger partial charge in [0.15, 0.2) is 0 Å². The molecule has 6 rings (SSSR count). The van der Waals surface area contributed by atoms with Gasteiger partial charge >= 0.3 is 6.09 Å². The quantitative estimate of drug-likeness (QED) is 0.118. The summed E-state index contributed by atoms with van der Waals surface area (Å²) in [6.45, 7) is 6.40. The van der Waals surface area contributed by atoms with E-state index in [9.17, 15) is 14.9 Å². The van der Waals surface area contributed by atoms with Crippen LogP contribution in [0.15, 0.2) is 115 Å². The summed E-state index contributed by atoms with van der Waals surface area (Å²) in [5.74, 6) is 0. The Hall–Kier alpha value is -4.18. The minimum Gasteiger partial charge on any atom is -0.445 e. The Kier molecular flexibility index (Phi) is 10.0. The van der Waals surface area contributed by atoms with E-state index in [0.717, 1.165) is 32.6 Å². The molecule has 1 amide bonds. The first-order chi connectivity index (χ1) is 22.4. The number of hydrogen-bond donors (Lipinski definition) is 1. The number of nitro benzene ring substituents is 1. The number of piperazine rings is 1. The van der Waals surface area contributed by atoms with Gasteiger partial charge in [0, 0.05) is 62.2 Å². The van der Waals surface area contributed by atoms with Gasteiger partial charge in [0.25, 0.3) is 5.69 Å². The van der Waals surface area contributed by atoms with Crippen molar-refractivity contribution in [1.29, 1.82) is 0 Å². The van der Waals surface area contributed by atoms with Crippen molar-refractivity contribution in [2.45, 2.75) is 42.0 Å². The van der Waals surface area contributed by atoms with E-state index in [1.54, 1.807) is 12.1 Å². The lowest BCUT2D eigenvalue weighted by molar-refractivity contribution is -0.384. The Morgan fingerprint density at radius 1 is 0.891 bits per heavy atom. The molecule has 0 aliphatic carbocycles. The second-order valence-corrected chi connectivity index (χ2v) is 13.7. The number of amides is 1. The van der Waals surface area contributed by atoms with Crippen molar-refractivity contribution in [3.63, 3.8) is 0 Å². The molecule has 8 nitrogen and oxygen atoms in total. The molecular weight excluding hydrogens is 596 g/mol. The number of carbonyl (C=O) groups excluding carboxylic acids is 1. The van der Waals surface area contributed by atoms with E-state index in [4.69, 9.17) is 4.74 Å². The highest BCUT2D eigenvalue weighted by molar-refractivity contribution is 8.01. The molecule has 238 valence electrons. The van der Waals surface area contributed by atoms with Crippen molar-refractivity contribution < 1.29 is 14.5 Å². The number of benzene rings is 4. The number of hydrogen-bond acceptors (Lipinski definition) is 7. The third kappa shape index (κ3) is 7.12. The van der Waals surface area contributed by atoms with Gasteiger partial charge in [0.1, 0.15) is 6.61 Å². The van der Waals surface area contributed by atoms with Crippen LogP contribution in [0, 0.1) is 10.1 Å². The number of thioether (sulfide) groups is 1. The van der Waals surface area contributed by atoms with Gasteiger partial charge in [-0.2, -0.15) is 0 Å². The Morgan fingerprint density at radius 3 is 1.98 bits per heavy atom. The van der Waals surface area contributed by atoms with Gasteiger partial charge in [-0.05, 0) is 47.7 Å². The molecule has 3 atom stereocenters. The van der Waals surface area contributed by atoms with Crippen LogP contribution in [0.25, 0.3) is 0 Å². The number of carbonyl (C=O) groups is 1. The second-order valence-electron chi connectivity index (χ2n) is 12.2. The summed E-state index contributed by atoms with van der Waals surface area (Å²) in [5.41, 5.74) is 4.32. The van der Waals surface area contributed by atoms with Crippen LogP contribution in [0.3, 0.4) is 0 Å². The van der Waals surface area contributed by atoms with Crippen LogP contribution < -0.4 is 5.32 Å². The van der Waals surface area contributed by atoms with Gasteiger partial charge in [0.2, 0.25) is 0 Å². The van der Waals surface area contributed by atoms with Crippen LogP contribution >= 0.6 is 11.8 Å². The van der Waals surface area contributed by atoms with Gasteiger partial charge in [-0.25, -0.2) is 4.79 Å². The predicted molar refractivity (Wildman–Crippen MR) is 183 cm³/mol. The topological polar surface area (TPSA) is 88.0 Å². The molecule has 1 N–H and O–H groups in total. The monoisotopic (exact) mass is 636 g/mol. The zero-order chi connectivity index (χ0) is 31.9. The van der Waals surface area contributed by atoms with E-state index in [1.807, 2.05) is 16.7 Å². The molecule has 46 heavy (non-hydrogen) atoms. The highest BCUT2D eigenvalue weighted by Crippen LogP contribution is 2.52. The molecule has 0 spiro atoms. The average molecular weight is 637 g/mol. The van der Waals surface area contributed by atoms with E-state index >= 15 is 0 Å². The van der Waals surface area contributed by atoms with E-state index in [1.165, 1.54) is 28.8 Å². The summed E-state index contributed by atoms with van der Waals surface area (Å²) in [6.07, 6.45) is 0.489. The number of nitrogens with zero attached hydrogens (tertiary/aromatic N) is 3. The molecule has 2 heterocycles. The Labute approximate surface area is 274 Å². The SMILES string of the molecule is CC1CN(C[C@@H]2C[C@H](SC(c3ccccc3)(c3ccccc3)c3ccccc3)CN2C(=O)OCc2ccc([N+](=O)[O-])cc2)CCN1. The molecule has 0 bridgehead atoms. The predicted octanol–water partition coefficient (Wildman–Crippen LogP) is 6.69. The van der Waals surface area contributed by atoms with Crippen molar-refractivity contribution in [2.24, 2.45) is 0 Å². The van der Waals surface area contributed by atoms with E-state index in [2.05, 4.69) is 108 Å². The van der Waals surface area contributed by atoms with Gasteiger partial charge in [0.05, 0.1) is 9.67 Å². The molecule has 9 heteroatoms. The van der Waals surface area contributed by atoms with E-state index in [0.29, 0.717) is 18.2 Å². The van der Waals surface area contributed by atoms with E-state index < -0.39 is 9.67 Å². The summed E-state index contributed by atoms with van der Waals surface area (Å²) in [4.78, 5) is 28.8. The molecular formula is C37H40N4O4S. The average Bonchev–Trinajstić information content (AvgIpc) is 3.49. The van der Waals surface area contributed by atoms with Gasteiger partial charge in [-0.3, -0.25) is 15.0 Å². The first-order valence-corrected chi connectivity index (χ1v) is 16.8. The molecule has 2 fully saturated rings. The molecule has 0 saturated carbocycles. The highest BCUT2D eigenvalue weighted by atomic mass is 32.2. The number of non-ortho nitro benzene ring substituents is 1. The molecule has 1 unspecified atom stereocenters. The summed E-state index contributed by atoms with van der Waals surface area (Å²) in [6, 6.07) is 38.5. The van der Waals surface area contributed by atoms with Crippen LogP contribution in [0.1, 0.15) is 35.6 Å². The molecule has 4 aromatic rings. The third-order valence-corrected chi connectivity index (χ3v) is 10.7. The maximum atomic E-state index is 13.8. The lowest BCUT2D eigenvalue weighted by Crippen LogP contribution is -2.53. The summed E-state index contributed by atoms with van der Waals surface area (Å²) in [5, 5.41) is 14.7. The van der Waals surface area contributed by atoms with Crippen LogP contribution in [-0.2, 0) is 16.1 Å². The maximum absolute atomic E-state index is 13.8. The zero-order valence-corrected chi connectivity index (χ0v) is 26.9. The van der Waals surface area contributed by atoms with Crippen molar-refractivity contribution >= 4 is 23.5 Å². The molecule has 2 saturated heterocycles. The summed E-state index contributed by atoms with van der Waals surface area (Å²) in [7, 11) is 0. The van der Waals surface area contributed by atoms with Crippen LogP contribution in [0.2, 0.25) is 0 Å².